The van der Waals surface area contributed by atoms with E-state index in [1.807, 2.05) is 0 Å². The van der Waals surface area contributed by atoms with Gasteiger partial charge in [-0.25, -0.2) is 13.6 Å². The fourth-order valence-corrected chi connectivity index (χ4v) is 2.28. The van der Waals surface area contributed by atoms with Crippen LogP contribution >= 0.6 is 0 Å². The Morgan fingerprint density at radius 1 is 1.22 bits per heavy atom. The Labute approximate surface area is 129 Å². The lowest BCUT2D eigenvalue weighted by atomic mass is 9.99. The Hall–Kier alpha value is -2.64. The standard InChI is InChI=1S/C15H13F2NO5/c1-15(16,17)9-6-13-12(21-3-2-4-22-13)5-8(9)11-7-10(14(19)20)18-23-11/h5-7H,2-4H2,1H3,(H,19,20). The first-order valence-electron chi connectivity index (χ1n) is 6.88. The number of hydrogen-bond donors (Lipinski definition) is 1. The molecule has 2 aromatic rings. The average molecular weight is 325 g/mol. The Morgan fingerprint density at radius 3 is 2.43 bits per heavy atom. The van der Waals surface area contributed by atoms with Crippen LogP contribution in [0.3, 0.4) is 0 Å². The number of fused-ring (bicyclic) bond motifs is 1. The van der Waals surface area contributed by atoms with Crippen LogP contribution < -0.4 is 9.47 Å². The molecule has 2 heterocycles. The lowest BCUT2D eigenvalue weighted by Gasteiger charge is -2.17. The molecule has 0 radical (unpaired) electrons. The van der Waals surface area contributed by atoms with Gasteiger partial charge in [-0.15, -0.1) is 0 Å². The molecule has 0 saturated carbocycles. The quantitative estimate of drug-likeness (QED) is 0.932. The summed E-state index contributed by atoms with van der Waals surface area (Å²) >= 11 is 0. The summed E-state index contributed by atoms with van der Waals surface area (Å²) in [5.41, 5.74) is -0.700. The first-order chi connectivity index (χ1) is 10.9. The Kier molecular flexibility index (Phi) is 3.67. The van der Waals surface area contributed by atoms with E-state index in [9.17, 15) is 13.6 Å². The molecule has 0 fully saturated rings. The van der Waals surface area contributed by atoms with Crippen molar-refractivity contribution in [3.63, 3.8) is 0 Å². The Bertz CT molecular complexity index is 751. The van der Waals surface area contributed by atoms with Crippen molar-refractivity contribution in [1.29, 1.82) is 0 Å². The second kappa shape index (κ2) is 5.53. The van der Waals surface area contributed by atoms with Crippen LogP contribution in [0.1, 0.15) is 29.4 Å². The number of ether oxygens (including phenoxy) is 2. The maximum atomic E-state index is 14.0. The number of rotatable bonds is 3. The van der Waals surface area contributed by atoms with E-state index >= 15 is 0 Å². The summed E-state index contributed by atoms with van der Waals surface area (Å²) in [7, 11) is 0. The van der Waals surface area contributed by atoms with Gasteiger partial charge in [0.1, 0.15) is 0 Å². The van der Waals surface area contributed by atoms with Gasteiger partial charge in [0, 0.05) is 30.5 Å². The maximum absolute atomic E-state index is 14.0. The van der Waals surface area contributed by atoms with E-state index < -0.39 is 11.9 Å². The molecule has 1 aliphatic rings. The van der Waals surface area contributed by atoms with Crippen LogP contribution in [0.25, 0.3) is 11.3 Å². The molecular weight excluding hydrogens is 312 g/mol. The fraction of sp³-hybridized carbons (Fsp3) is 0.333. The van der Waals surface area contributed by atoms with Crippen molar-refractivity contribution in [1.82, 2.24) is 5.16 Å². The predicted molar refractivity (Wildman–Crippen MR) is 74.1 cm³/mol. The molecule has 1 N–H and O–H groups in total. The van der Waals surface area contributed by atoms with E-state index in [0.717, 1.165) is 13.0 Å². The molecule has 0 atom stereocenters. The highest BCUT2D eigenvalue weighted by Crippen LogP contribution is 2.43. The number of benzene rings is 1. The summed E-state index contributed by atoms with van der Waals surface area (Å²) in [6.45, 7) is 1.50. The average Bonchev–Trinajstić information content (AvgIpc) is 2.85. The summed E-state index contributed by atoms with van der Waals surface area (Å²) in [6.07, 6.45) is 0.632. The normalized spacial score (nSPS) is 14.4. The first kappa shape index (κ1) is 15.3. The van der Waals surface area contributed by atoms with Crippen LogP contribution in [0.15, 0.2) is 22.7 Å². The van der Waals surface area contributed by atoms with Crippen molar-refractivity contribution in [3.8, 4) is 22.8 Å². The number of carboxylic acids is 1. The first-order valence-corrected chi connectivity index (χ1v) is 6.88. The summed E-state index contributed by atoms with van der Waals surface area (Å²) in [5, 5.41) is 12.2. The summed E-state index contributed by atoms with van der Waals surface area (Å²) in [6, 6.07) is 3.65. The minimum atomic E-state index is -3.18. The van der Waals surface area contributed by atoms with E-state index in [1.165, 1.54) is 12.1 Å². The van der Waals surface area contributed by atoms with Crippen molar-refractivity contribution >= 4 is 5.97 Å². The van der Waals surface area contributed by atoms with Crippen molar-refractivity contribution in [2.75, 3.05) is 13.2 Å². The molecule has 0 saturated heterocycles. The number of hydrogen-bond acceptors (Lipinski definition) is 5. The molecule has 0 unspecified atom stereocenters. The van der Waals surface area contributed by atoms with Crippen LogP contribution in [0, 0.1) is 0 Å². The highest BCUT2D eigenvalue weighted by Gasteiger charge is 2.32. The smallest absolute Gasteiger partial charge is 0.358 e. The zero-order valence-corrected chi connectivity index (χ0v) is 12.1. The van der Waals surface area contributed by atoms with Crippen molar-refractivity contribution in [3.05, 3.63) is 29.5 Å². The Balaban J connectivity index is 2.16. The van der Waals surface area contributed by atoms with Gasteiger partial charge < -0.3 is 19.1 Å². The highest BCUT2D eigenvalue weighted by atomic mass is 19.3. The van der Waals surface area contributed by atoms with Crippen molar-refractivity contribution in [2.24, 2.45) is 0 Å². The lowest BCUT2D eigenvalue weighted by molar-refractivity contribution is 0.0176. The van der Waals surface area contributed by atoms with Crippen molar-refractivity contribution < 1.29 is 32.7 Å². The molecule has 1 aliphatic heterocycles. The number of halogens is 2. The third-order valence-corrected chi connectivity index (χ3v) is 3.36. The highest BCUT2D eigenvalue weighted by molar-refractivity contribution is 5.86. The van der Waals surface area contributed by atoms with Gasteiger partial charge in [0.05, 0.1) is 13.2 Å². The Morgan fingerprint density at radius 2 is 1.87 bits per heavy atom. The topological polar surface area (TPSA) is 81.8 Å². The van der Waals surface area contributed by atoms with Gasteiger partial charge in [0.2, 0.25) is 0 Å². The molecule has 122 valence electrons. The predicted octanol–water partition coefficient (Wildman–Crippen LogP) is 3.31. The summed E-state index contributed by atoms with van der Waals surface area (Å²) < 4.78 is 43.7. The maximum Gasteiger partial charge on any atom is 0.358 e. The molecule has 6 nitrogen and oxygen atoms in total. The molecule has 8 heteroatoms. The van der Waals surface area contributed by atoms with Crippen LogP contribution in [0.4, 0.5) is 8.78 Å². The zero-order valence-electron chi connectivity index (χ0n) is 12.1. The summed E-state index contributed by atoms with van der Waals surface area (Å²) in [4.78, 5) is 10.9. The molecule has 0 amide bonds. The number of nitrogens with zero attached hydrogens (tertiary/aromatic N) is 1. The van der Waals surface area contributed by atoms with Gasteiger partial charge in [-0.3, -0.25) is 0 Å². The van der Waals surface area contributed by atoms with Crippen LogP contribution in [-0.4, -0.2) is 29.4 Å². The van der Waals surface area contributed by atoms with Gasteiger partial charge >= 0.3 is 5.97 Å². The van der Waals surface area contributed by atoms with Crippen molar-refractivity contribution in [2.45, 2.75) is 19.3 Å². The number of carbonyl (C=O) groups is 1. The minimum absolute atomic E-state index is 0.0155. The molecule has 3 rings (SSSR count). The molecule has 1 aromatic heterocycles. The van der Waals surface area contributed by atoms with Crippen LogP contribution in [0.5, 0.6) is 11.5 Å². The van der Waals surface area contributed by atoms with Gasteiger partial charge in [-0.2, -0.15) is 0 Å². The largest absolute Gasteiger partial charge is 0.490 e. The third-order valence-electron chi connectivity index (χ3n) is 3.36. The molecule has 0 aliphatic carbocycles. The molecule has 0 bridgehead atoms. The van der Waals surface area contributed by atoms with E-state index in [2.05, 4.69) is 5.16 Å². The monoisotopic (exact) mass is 325 g/mol. The van der Waals surface area contributed by atoms with Gasteiger partial charge in [-0.05, 0) is 12.1 Å². The lowest BCUT2D eigenvalue weighted by Crippen LogP contribution is -2.10. The number of aromatic nitrogens is 1. The molecular formula is C15H13F2NO5. The second-order valence-corrected chi connectivity index (χ2v) is 5.16. The second-order valence-electron chi connectivity index (χ2n) is 5.16. The third kappa shape index (κ3) is 2.96. The SMILES string of the molecule is CC(F)(F)c1cc2c(cc1-c1cc(C(=O)O)no1)OCCCO2. The number of carboxylic acid groups (broad SMARTS) is 1. The van der Waals surface area contributed by atoms with E-state index in [4.69, 9.17) is 19.1 Å². The number of aromatic carboxylic acids is 1. The van der Waals surface area contributed by atoms with Crippen LogP contribution in [-0.2, 0) is 5.92 Å². The summed E-state index contributed by atoms with van der Waals surface area (Å²) in [5.74, 6) is -4.04. The molecule has 1 aromatic carbocycles. The fourth-order valence-electron chi connectivity index (χ4n) is 2.28. The number of alkyl halides is 2. The van der Waals surface area contributed by atoms with E-state index in [0.29, 0.717) is 25.4 Å². The van der Waals surface area contributed by atoms with Gasteiger partial charge in [0.25, 0.3) is 5.92 Å². The van der Waals surface area contributed by atoms with E-state index in [1.54, 1.807) is 0 Å². The van der Waals surface area contributed by atoms with Gasteiger partial charge in [-0.1, -0.05) is 5.16 Å². The van der Waals surface area contributed by atoms with Gasteiger partial charge in [0.15, 0.2) is 23.0 Å². The van der Waals surface area contributed by atoms with E-state index in [-0.39, 0.29) is 28.3 Å². The van der Waals surface area contributed by atoms with Crippen LogP contribution in [0.2, 0.25) is 0 Å². The molecule has 0 spiro atoms. The zero-order chi connectivity index (χ0) is 16.6. The molecule has 23 heavy (non-hydrogen) atoms. The minimum Gasteiger partial charge on any atom is -0.490 e.